The highest BCUT2D eigenvalue weighted by Gasteiger charge is 2.51. The molecule has 0 bridgehead atoms. The molecule has 1 saturated heterocycles. The molecule has 8 nitrogen and oxygen atoms in total. The van der Waals surface area contributed by atoms with E-state index < -0.39 is 29.4 Å². The molecule has 0 spiro atoms. The van der Waals surface area contributed by atoms with Gasteiger partial charge in [-0.2, -0.15) is 0 Å². The monoisotopic (exact) mass is 459 g/mol. The fraction of sp³-hybridized carbons (Fsp3) is 0.308. The van der Waals surface area contributed by atoms with Crippen LogP contribution >= 0.6 is 0 Å². The number of rotatable bonds is 7. The first kappa shape index (κ1) is 21.9. The van der Waals surface area contributed by atoms with E-state index in [1.165, 1.54) is 0 Å². The van der Waals surface area contributed by atoms with Gasteiger partial charge in [0.15, 0.2) is 17.3 Å². The van der Waals surface area contributed by atoms with Gasteiger partial charge in [0.05, 0.1) is 12.4 Å². The van der Waals surface area contributed by atoms with E-state index in [2.05, 4.69) is 4.98 Å². The summed E-state index contributed by atoms with van der Waals surface area (Å²) in [6.45, 7) is 3.81. The molecule has 3 heterocycles. The van der Waals surface area contributed by atoms with Crippen molar-refractivity contribution in [3.63, 3.8) is 0 Å². The predicted octanol–water partition coefficient (Wildman–Crippen LogP) is 3.00. The summed E-state index contributed by atoms with van der Waals surface area (Å²) < 4.78 is 13.1. The van der Waals surface area contributed by atoms with Crippen molar-refractivity contribution in [3.8, 4) is 11.5 Å². The van der Waals surface area contributed by atoms with E-state index in [4.69, 9.17) is 9.47 Å². The van der Waals surface area contributed by atoms with E-state index in [1.807, 2.05) is 42.0 Å². The Morgan fingerprint density at radius 1 is 1.03 bits per heavy atom. The van der Waals surface area contributed by atoms with Crippen LogP contribution in [0.15, 0.2) is 61.2 Å². The second-order valence-electron chi connectivity index (χ2n) is 8.57. The lowest BCUT2D eigenvalue weighted by Gasteiger charge is -2.27. The van der Waals surface area contributed by atoms with Crippen LogP contribution in [-0.4, -0.2) is 51.7 Å². The number of fused-ring (bicyclic) bond motifs is 1. The van der Waals surface area contributed by atoms with Crippen LogP contribution in [0.5, 0.6) is 11.5 Å². The summed E-state index contributed by atoms with van der Waals surface area (Å²) in [4.78, 5) is 45.5. The topological polar surface area (TPSA) is 90.7 Å². The number of imidazole rings is 1. The van der Waals surface area contributed by atoms with Gasteiger partial charge in [0.2, 0.25) is 5.78 Å². The molecule has 2 aliphatic heterocycles. The van der Waals surface area contributed by atoms with Crippen LogP contribution < -0.4 is 9.47 Å². The molecule has 0 aliphatic carbocycles. The van der Waals surface area contributed by atoms with E-state index in [0.717, 1.165) is 11.1 Å². The lowest BCUT2D eigenvalue weighted by atomic mass is 9.86. The van der Waals surface area contributed by atoms with Gasteiger partial charge in [-0.3, -0.25) is 14.4 Å². The average molecular weight is 460 g/mol. The molecule has 1 fully saturated rings. The van der Waals surface area contributed by atoms with Crippen LogP contribution in [0.2, 0.25) is 0 Å². The first-order valence-electron chi connectivity index (χ1n) is 11.3. The SMILES string of the molecule is Cc1ccc(C2C(C(=O)c3ccc4c(c3)OCCO4)C(=O)C(=O)N2CCCn2ccnc2)cc1. The van der Waals surface area contributed by atoms with Crippen molar-refractivity contribution < 1.29 is 23.9 Å². The van der Waals surface area contributed by atoms with Crippen molar-refractivity contribution in [1.29, 1.82) is 0 Å². The number of carbonyl (C=O) groups is 3. The number of benzene rings is 2. The molecule has 174 valence electrons. The summed E-state index contributed by atoms with van der Waals surface area (Å²) in [5.41, 5.74) is 2.15. The highest BCUT2D eigenvalue weighted by molar-refractivity contribution is 6.44. The molecule has 34 heavy (non-hydrogen) atoms. The largest absolute Gasteiger partial charge is 0.486 e. The molecule has 1 aromatic heterocycles. The minimum atomic E-state index is -1.12. The Kier molecular flexibility index (Phi) is 5.88. The molecule has 0 N–H and O–H groups in total. The maximum absolute atomic E-state index is 13.6. The van der Waals surface area contributed by atoms with Gasteiger partial charge in [-0.25, -0.2) is 4.98 Å². The van der Waals surface area contributed by atoms with Gasteiger partial charge in [0.25, 0.3) is 5.91 Å². The fourth-order valence-electron chi connectivity index (χ4n) is 4.58. The highest BCUT2D eigenvalue weighted by Crippen LogP contribution is 2.40. The molecule has 2 aliphatic rings. The normalized spacial score (nSPS) is 19.5. The van der Waals surface area contributed by atoms with Crippen LogP contribution in [0, 0.1) is 12.8 Å². The van der Waals surface area contributed by atoms with Crippen LogP contribution in [0.4, 0.5) is 0 Å². The first-order valence-corrected chi connectivity index (χ1v) is 11.3. The summed E-state index contributed by atoms with van der Waals surface area (Å²) >= 11 is 0. The van der Waals surface area contributed by atoms with Crippen LogP contribution in [0.3, 0.4) is 0 Å². The Balaban J connectivity index is 1.46. The number of Topliss-reactive ketones (excluding diaryl/α,β-unsaturated/α-hetero) is 2. The second-order valence-corrected chi connectivity index (χ2v) is 8.57. The summed E-state index contributed by atoms with van der Waals surface area (Å²) in [5, 5.41) is 0. The number of ketones is 2. The van der Waals surface area contributed by atoms with Crippen molar-refractivity contribution in [2.24, 2.45) is 5.92 Å². The van der Waals surface area contributed by atoms with Crippen LogP contribution in [0.1, 0.15) is 33.9 Å². The molecule has 0 radical (unpaired) electrons. The van der Waals surface area contributed by atoms with Gasteiger partial charge in [-0.1, -0.05) is 29.8 Å². The lowest BCUT2D eigenvalue weighted by Crippen LogP contribution is -2.32. The highest BCUT2D eigenvalue weighted by atomic mass is 16.6. The molecule has 5 rings (SSSR count). The standard InChI is InChI=1S/C26H25N3O5/c1-17-3-5-18(6-4-17)23-22(24(30)19-7-8-20-21(15-19)34-14-13-33-20)25(31)26(32)29(23)11-2-10-28-12-9-27-16-28/h3-9,12,15-16,22-23H,2,10-11,13-14H2,1H3. The number of ether oxygens (including phenoxy) is 2. The summed E-state index contributed by atoms with van der Waals surface area (Å²) in [7, 11) is 0. The zero-order valence-corrected chi connectivity index (χ0v) is 18.8. The van der Waals surface area contributed by atoms with E-state index in [1.54, 1.807) is 35.6 Å². The molecule has 3 aromatic rings. The van der Waals surface area contributed by atoms with Gasteiger partial charge < -0.3 is 18.9 Å². The maximum atomic E-state index is 13.6. The molecule has 2 atom stereocenters. The van der Waals surface area contributed by atoms with Crippen molar-refractivity contribution in [2.75, 3.05) is 19.8 Å². The molecule has 2 unspecified atom stereocenters. The minimum absolute atomic E-state index is 0.327. The number of aryl methyl sites for hydroxylation is 2. The third-order valence-electron chi connectivity index (χ3n) is 6.31. The molecular formula is C26H25N3O5. The number of hydrogen-bond acceptors (Lipinski definition) is 6. The van der Waals surface area contributed by atoms with Crippen LogP contribution in [-0.2, 0) is 16.1 Å². The van der Waals surface area contributed by atoms with Gasteiger partial charge in [-0.05, 0) is 37.1 Å². The second kappa shape index (κ2) is 9.13. The summed E-state index contributed by atoms with van der Waals surface area (Å²) in [6.07, 6.45) is 5.88. The third kappa shape index (κ3) is 4.07. The zero-order chi connectivity index (χ0) is 23.7. The maximum Gasteiger partial charge on any atom is 0.291 e. The Morgan fingerprint density at radius 2 is 1.79 bits per heavy atom. The van der Waals surface area contributed by atoms with E-state index >= 15 is 0 Å². The van der Waals surface area contributed by atoms with Gasteiger partial charge in [0.1, 0.15) is 19.1 Å². The number of hydrogen-bond donors (Lipinski definition) is 0. The summed E-state index contributed by atoms with van der Waals surface area (Å²) in [5.74, 6) is -1.77. The Morgan fingerprint density at radius 3 is 2.53 bits per heavy atom. The van der Waals surface area contributed by atoms with Gasteiger partial charge in [0, 0.05) is 31.0 Å². The van der Waals surface area contributed by atoms with Crippen molar-refractivity contribution in [1.82, 2.24) is 14.5 Å². The van der Waals surface area contributed by atoms with E-state index in [0.29, 0.717) is 49.8 Å². The van der Waals surface area contributed by atoms with Gasteiger partial charge >= 0.3 is 0 Å². The van der Waals surface area contributed by atoms with Crippen molar-refractivity contribution >= 4 is 17.5 Å². The smallest absolute Gasteiger partial charge is 0.291 e. The first-order chi connectivity index (χ1) is 16.5. The van der Waals surface area contributed by atoms with E-state index in [-0.39, 0.29) is 0 Å². The number of carbonyl (C=O) groups excluding carboxylic acids is 3. The predicted molar refractivity (Wildman–Crippen MR) is 123 cm³/mol. The molecule has 2 aromatic carbocycles. The van der Waals surface area contributed by atoms with Gasteiger partial charge in [-0.15, -0.1) is 0 Å². The number of nitrogens with zero attached hydrogens (tertiary/aromatic N) is 3. The number of amides is 1. The summed E-state index contributed by atoms with van der Waals surface area (Å²) in [6, 6.07) is 11.9. The number of aromatic nitrogens is 2. The Bertz CT molecular complexity index is 1220. The van der Waals surface area contributed by atoms with Crippen molar-refractivity contribution in [2.45, 2.75) is 25.9 Å². The van der Waals surface area contributed by atoms with Crippen LogP contribution in [0.25, 0.3) is 0 Å². The lowest BCUT2D eigenvalue weighted by molar-refractivity contribution is -0.140. The van der Waals surface area contributed by atoms with E-state index in [9.17, 15) is 14.4 Å². The van der Waals surface area contributed by atoms with Crippen molar-refractivity contribution in [3.05, 3.63) is 77.9 Å². The quantitative estimate of drug-likeness (QED) is 0.307. The molecule has 0 saturated carbocycles. The zero-order valence-electron chi connectivity index (χ0n) is 18.8. The Labute approximate surface area is 197 Å². The Hall–Kier alpha value is -3.94. The molecule has 1 amide bonds. The average Bonchev–Trinajstić information content (AvgIpc) is 3.46. The molecular weight excluding hydrogens is 434 g/mol. The molecule has 8 heteroatoms. The number of likely N-dealkylation sites (tertiary alicyclic amines) is 1. The third-order valence-corrected chi connectivity index (χ3v) is 6.31. The minimum Gasteiger partial charge on any atom is -0.486 e. The fourth-order valence-corrected chi connectivity index (χ4v) is 4.58.